The van der Waals surface area contributed by atoms with Gasteiger partial charge < -0.3 is 9.64 Å². The second-order valence-corrected chi connectivity index (χ2v) is 6.24. The van der Waals surface area contributed by atoms with Gasteiger partial charge in [0.2, 0.25) is 0 Å². The zero-order chi connectivity index (χ0) is 11.9. The van der Waals surface area contributed by atoms with Crippen molar-refractivity contribution in [3.05, 3.63) is 17.7 Å². The number of benzene rings is 1. The van der Waals surface area contributed by atoms with Crippen LogP contribution in [0, 0.1) is 0 Å². The molecule has 0 amide bonds. The molecule has 1 aromatic carbocycles. The van der Waals surface area contributed by atoms with Crippen LogP contribution in [0.4, 0.5) is 5.69 Å². The van der Waals surface area contributed by atoms with E-state index in [1.807, 2.05) is 7.05 Å². The number of halogens is 1. The molecule has 0 aromatic heterocycles. The van der Waals surface area contributed by atoms with Crippen LogP contribution in [0.15, 0.2) is 17.0 Å². The van der Waals surface area contributed by atoms with Gasteiger partial charge in [-0.05, 0) is 18.6 Å². The lowest BCUT2D eigenvalue weighted by Crippen LogP contribution is -2.12. The summed E-state index contributed by atoms with van der Waals surface area (Å²) in [6.07, 6.45) is 0.773. The Morgan fingerprint density at radius 2 is 2.12 bits per heavy atom. The first-order chi connectivity index (χ1) is 7.45. The van der Waals surface area contributed by atoms with Crippen LogP contribution in [0.25, 0.3) is 0 Å². The Hall–Kier alpha value is -0.940. The minimum atomic E-state index is -3.76. The van der Waals surface area contributed by atoms with E-state index in [0.717, 1.165) is 24.2 Å². The third-order valence-electron chi connectivity index (χ3n) is 2.77. The average Bonchev–Trinajstić information content (AvgIpc) is 2.58. The molecule has 0 unspecified atom stereocenters. The molecule has 0 radical (unpaired) electrons. The van der Waals surface area contributed by atoms with E-state index >= 15 is 0 Å². The number of nitrogens with zero attached hydrogens (tertiary/aromatic N) is 1. The molecule has 16 heavy (non-hydrogen) atoms. The Bertz CT molecular complexity index is 527. The number of rotatable bonds is 2. The maximum atomic E-state index is 11.4. The van der Waals surface area contributed by atoms with E-state index in [0.29, 0.717) is 5.75 Å². The van der Waals surface area contributed by atoms with Crippen LogP contribution in [0.3, 0.4) is 0 Å². The summed E-state index contributed by atoms with van der Waals surface area (Å²) < 4.78 is 27.9. The molecular formula is C10H12ClNO3S. The number of fused-ring (bicyclic) bond motifs is 1. The topological polar surface area (TPSA) is 46.6 Å². The largest absolute Gasteiger partial charge is 0.495 e. The van der Waals surface area contributed by atoms with Crippen molar-refractivity contribution in [1.82, 2.24) is 0 Å². The van der Waals surface area contributed by atoms with Gasteiger partial charge in [-0.2, -0.15) is 0 Å². The van der Waals surface area contributed by atoms with Gasteiger partial charge in [-0.1, -0.05) is 0 Å². The van der Waals surface area contributed by atoms with Gasteiger partial charge >= 0.3 is 0 Å². The number of hydrogen-bond donors (Lipinski definition) is 0. The molecule has 4 nitrogen and oxygen atoms in total. The molecule has 1 aromatic rings. The first kappa shape index (κ1) is 11.5. The van der Waals surface area contributed by atoms with E-state index in [1.54, 1.807) is 6.07 Å². The molecule has 0 atom stereocenters. The second kappa shape index (κ2) is 3.82. The summed E-state index contributed by atoms with van der Waals surface area (Å²) in [5.41, 5.74) is 1.91. The van der Waals surface area contributed by atoms with Crippen molar-refractivity contribution in [3.8, 4) is 5.75 Å². The predicted octanol–water partition coefficient (Wildman–Crippen LogP) is 1.61. The second-order valence-electron chi connectivity index (χ2n) is 3.70. The smallest absolute Gasteiger partial charge is 0.264 e. The SMILES string of the molecule is COc1c(S(=O)(=O)Cl)ccc2c1CCN2C. The highest BCUT2D eigenvalue weighted by Crippen LogP contribution is 2.39. The van der Waals surface area contributed by atoms with Crippen LogP contribution >= 0.6 is 10.7 Å². The van der Waals surface area contributed by atoms with Crippen molar-refractivity contribution in [3.63, 3.8) is 0 Å². The number of methoxy groups -OCH3 is 1. The van der Waals surface area contributed by atoms with Gasteiger partial charge in [0.15, 0.2) is 0 Å². The molecule has 1 heterocycles. The zero-order valence-corrected chi connectivity index (χ0v) is 10.6. The molecule has 2 rings (SSSR count). The molecule has 0 bridgehead atoms. The van der Waals surface area contributed by atoms with Gasteiger partial charge in [-0.15, -0.1) is 0 Å². The first-order valence-corrected chi connectivity index (χ1v) is 7.11. The van der Waals surface area contributed by atoms with E-state index in [2.05, 4.69) is 4.90 Å². The summed E-state index contributed by atoms with van der Waals surface area (Å²) >= 11 is 0. The minimum Gasteiger partial charge on any atom is -0.495 e. The van der Waals surface area contributed by atoms with Gasteiger partial charge in [0.05, 0.1) is 7.11 Å². The average molecular weight is 262 g/mol. The molecular weight excluding hydrogens is 250 g/mol. The van der Waals surface area contributed by atoms with Gasteiger partial charge in [-0.3, -0.25) is 0 Å². The molecule has 6 heteroatoms. The molecule has 1 aliphatic rings. The molecule has 0 N–H and O–H groups in total. The third-order valence-corrected chi connectivity index (χ3v) is 4.12. The standard InChI is InChI=1S/C10H12ClNO3S/c1-12-6-5-7-8(12)3-4-9(10(7)15-2)16(11,13)14/h3-4H,5-6H2,1-2H3. The Kier molecular flexibility index (Phi) is 2.75. The highest BCUT2D eigenvalue weighted by molar-refractivity contribution is 8.13. The summed E-state index contributed by atoms with van der Waals surface area (Å²) in [6.45, 7) is 0.859. The number of ether oxygens (including phenoxy) is 1. The normalized spacial score (nSPS) is 15.1. The number of hydrogen-bond acceptors (Lipinski definition) is 4. The van der Waals surface area contributed by atoms with Crippen LogP contribution in [0.1, 0.15) is 5.56 Å². The maximum absolute atomic E-state index is 11.4. The molecule has 0 saturated heterocycles. The van der Waals surface area contributed by atoms with Gasteiger partial charge in [0.25, 0.3) is 9.05 Å². The quantitative estimate of drug-likeness (QED) is 0.759. The number of likely N-dealkylation sites (N-methyl/N-ethyl adjacent to an activating group) is 1. The summed E-state index contributed by atoms with van der Waals surface area (Å²) in [4.78, 5) is 2.10. The molecule has 0 aliphatic carbocycles. The summed E-state index contributed by atoms with van der Waals surface area (Å²) in [6, 6.07) is 3.25. The Balaban J connectivity index is 2.69. The van der Waals surface area contributed by atoms with Gasteiger partial charge in [0, 0.05) is 35.5 Å². The number of anilines is 1. The van der Waals surface area contributed by atoms with E-state index in [1.165, 1.54) is 13.2 Å². The third kappa shape index (κ3) is 1.74. The van der Waals surface area contributed by atoms with Crippen molar-refractivity contribution in [2.24, 2.45) is 0 Å². The molecule has 0 spiro atoms. The van der Waals surface area contributed by atoms with Crippen molar-refractivity contribution < 1.29 is 13.2 Å². The van der Waals surface area contributed by atoms with E-state index in [9.17, 15) is 8.42 Å². The highest BCUT2D eigenvalue weighted by atomic mass is 35.7. The van der Waals surface area contributed by atoms with Gasteiger partial charge in [-0.25, -0.2) is 8.42 Å². The lowest BCUT2D eigenvalue weighted by molar-refractivity contribution is 0.399. The Morgan fingerprint density at radius 1 is 1.44 bits per heavy atom. The summed E-state index contributed by atoms with van der Waals surface area (Å²) in [7, 11) is 5.02. The molecule has 1 aliphatic heterocycles. The van der Waals surface area contributed by atoms with Crippen LogP contribution in [0.2, 0.25) is 0 Å². The fourth-order valence-corrected chi connectivity index (χ4v) is 3.03. The van der Waals surface area contributed by atoms with Crippen molar-refractivity contribution in [1.29, 1.82) is 0 Å². The van der Waals surface area contributed by atoms with Crippen molar-refractivity contribution >= 4 is 25.4 Å². The Labute approximate surface area is 99.2 Å². The van der Waals surface area contributed by atoms with Crippen molar-refractivity contribution in [2.45, 2.75) is 11.3 Å². The monoisotopic (exact) mass is 261 g/mol. The predicted molar refractivity (Wildman–Crippen MR) is 63.0 cm³/mol. The fraction of sp³-hybridized carbons (Fsp3) is 0.400. The van der Waals surface area contributed by atoms with E-state index in [4.69, 9.17) is 15.4 Å². The first-order valence-electron chi connectivity index (χ1n) is 4.81. The Morgan fingerprint density at radius 3 is 2.69 bits per heavy atom. The van der Waals surface area contributed by atoms with E-state index < -0.39 is 9.05 Å². The zero-order valence-electron chi connectivity index (χ0n) is 9.03. The molecule has 88 valence electrons. The lowest BCUT2D eigenvalue weighted by atomic mass is 10.1. The molecule has 0 saturated carbocycles. The fourth-order valence-electron chi connectivity index (χ4n) is 2.01. The minimum absolute atomic E-state index is 0.0470. The van der Waals surface area contributed by atoms with Crippen molar-refractivity contribution in [2.75, 3.05) is 25.6 Å². The maximum Gasteiger partial charge on any atom is 0.264 e. The van der Waals surface area contributed by atoms with Gasteiger partial charge in [0.1, 0.15) is 10.6 Å². The summed E-state index contributed by atoms with van der Waals surface area (Å²) in [5.74, 6) is 0.372. The van der Waals surface area contributed by atoms with Crippen LogP contribution in [-0.4, -0.2) is 29.1 Å². The van der Waals surface area contributed by atoms with Crippen LogP contribution < -0.4 is 9.64 Å². The van der Waals surface area contributed by atoms with Crippen LogP contribution in [-0.2, 0) is 15.5 Å². The highest BCUT2D eigenvalue weighted by Gasteiger charge is 2.26. The van der Waals surface area contributed by atoms with E-state index in [-0.39, 0.29) is 4.90 Å². The molecule has 0 fully saturated rings. The summed E-state index contributed by atoms with van der Waals surface area (Å²) in [5, 5.41) is 0. The lowest BCUT2D eigenvalue weighted by Gasteiger charge is -2.14. The van der Waals surface area contributed by atoms with Crippen LogP contribution in [0.5, 0.6) is 5.75 Å².